The van der Waals surface area contributed by atoms with Gasteiger partial charge in [-0.3, -0.25) is 14.9 Å². The molecule has 4 rings (SSSR count). The fourth-order valence-electron chi connectivity index (χ4n) is 3.74. The summed E-state index contributed by atoms with van der Waals surface area (Å²) in [6, 6.07) is 19.0. The molecular weight excluding hydrogens is 474 g/mol. The van der Waals surface area contributed by atoms with E-state index in [-0.39, 0.29) is 17.2 Å². The number of ether oxygens (including phenoxy) is 3. The first-order valence-electron chi connectivity index (χ1n) is 11.5. The number of rotatable bonds is 8. The number of carbonyl (C=O) groups is 1. The summed E-state index contributed by atoms with van der Waals surface area (Å²) in [6.07, 6.45) is 5.57. The van der Waals surface area contributed by atoms with Crippen molar-refractivity contribution in [2.45, 2.75) is 6.92 Å². The Morgan fingerprint density at radius 3 is 2.19 bits per heavy atom. The Bertz CT molecular complexity index is 1400. The van der Waals surface area contributed by atoms with E-state index in [1.54, 1.807) is 33.3 Å². The first kappa shape index (κ1) is 25.2. The Hall–Kier alpha value is -4.92. The highest BCUT2D eigenvalue weighted by Crippen LogP contribution is 2.34. The number of carbonyl (C=O) groups excluding carboxylic acids is 1. The SMILES string of the molecule is CCOC1=NN(c2ccc([N+](=O)[O-])cc2)C(=O)/C1=C\c1cc(OC)c(OC)cc1/C=C/c1ccccc1. The summed E-state index contributed by atoms with van der Waals surface area (Å²) >= 11 is 0. The number of nitrogens with zero attached hydrogens (tertiary/aromatic N) is 3. The van der Waals surface area contributed by atoms with Gasteiger partial charge in [-0.25, -0.2) is 0 Å². The summed E-state index contributed by atoms with van der Waals surface area (Å²) in [5.74, 6) is 0.767. The molecule has 1 aliphatic heterocycles. The first-order chi connectivity index (χ1) is 17.9. The van der Waals surface area contributed by atoms with E-state index >= 15 is 0 Å². The molecule has 0 radical (unpaired) electrons. The molecule has 0 aromatic heterocycles. The average molecular weight is 500 g/mol. The van der Waals surface area contributed by atoms with Crippen LogP contribution in [0.3, 0.4) is 0 Å². The van der Waals surface area contributed by atoms with Crippen molar-refractivity contribution in [2.75, 3.05) is 25.8 Å². The third kappa shape index (κ3) is 5.51. The molecule has 0 bridgehead atoms. The van der Waals surface area contributed by atoms with Crippen molar-refractivity contribution in [3.8, 4) is 11.5 Å². The molecule has 0 spiro atoms. The number of nitro benzene ring substituents is 1. The number of nitro groups is 1. The van der Waals surface area contributed by atoms with Crippen LogP contribution in [-0.2, 0) is 9.53 Å². The minimum absolute atomic E-state index is 0.0830. The van der Waals surface area contributed by atoms with Crippen molar-refractivity contribution in [2.24, 2.45) is 5.10 Å². The molecule has 0 saturated carbocycles. The van der Waals surface area contributed by atoms with Crippen molar-refractivity contribution in [3.05, 3.63) is 99.1 Å². The van der Waals surface area contributed by atoms with Crippen LogP contribution in [0.1, 0.15) is 23.6 Å². The Labute approximate surface area is 214 Å². The summed E-state index contributed by atoms with van der Waals surface area (Å²) in [7, 11) is 3.10. The molecule has 1 heterocycles. The molecule has 37 heavy (non-hydrogen) atoms. The number of benzene rings is 3. The van der Waals surface area contributed by atoms with Gasteiger partial charge < -0.3 is 14.2 Å². The van der Waals surface area contributed by atoms with Gasteiger partial charge in [0, 0.05) is 12.1 Å². The van der Waals surface area contributed by atoms with Crippen LogP contribution in [0.25, 0.3) is 18.2 Å². The summed E-state index contributed by atoms with van der Waals surface area (Å²) in [5, 5.41) is 16.5. The van der Waals surface area contributed by atoms with Gasteiger partial charge in [0.1, 0.15) is 5.57 Å². The predicted octanol–water partition coefficient (Wildman–Crippen LogP) is 5.56. The van der Waals surface area contributed by atoms with Crippen LogP contribution in [-0.4, -0.2) is 37.6 Å². The molecule has 9 heteroatoms. The van der Waals surface area contributed by atoms with Crippen LogP contribution >= 0.6 is 0 Å². The van der Waals surface area contributed by atoms with E-state index in [0.29, 0.717) is 29.4 Å². The van der Waals surface area contributed by atoms with Crippen molar-refractivity contribution >= 4 is 41.4 Å². The number of hydrazone groups is 1. The second kappa shape index (κ2) is 11.2. The second-order valence-electron chi connectivity index (χ2n) is 7.87. The van der Waals surface area contributed by atoms with Crippen molar-refractivity contribution in [1.29, 1.82) is 0 Å². The van der Waals surface area contributed by atoms with E-state index in [1.807, 2.05) is 48.6 Å². The second-order valence-corrected chi connectivity index (χ2v) is 7.87. The van der Waals surface area contributed by atoms with Gasteiger partial charge >= 0.3 is 0 Å². The van der Waals surface area contributed by atoms with Crippen molar-refractivity contribution in [1.82, 2.24) is 0 Å². The molecule has 1 amide bonds. The highest BCUT2D eigenvalue weighted by Gasteiger charge is 2.33. The first-order valence-corrected chi connectivity index (χ1v) is 11.5. The summed E-state index contributed by atoms with van der Waals surface area (Å²) in [6.45, 7) is 2.09. The maximum atomic E-state index is 13.4. The van der Waals surface area contributed by atoms with Crippen LogP contribution in [0, 0.1) is 10.1 Å². The fraction of sp³-hybridized carbons (Fsp3) is 0.143. The van der Waals surface area contributed by atoms with Gasteiger partial charge in [-0.05, 0) is 54.0 Å². The number of hydrogen-bond donors (Lipinski definition) is 0. The molecular formula is C28H25N3O6. The molecule has 3 aromatic rings. The molecule has 0 aliphatic carbocycles. The highest BCUT2D eigenvalue weighted by atomic mass is 16.6. The zero-order valence-corrected chi connectivity index (χ0v) is 20.6. The largest absolute Gasteiger partial charge is 0.493 e. The Morgan fingerprint density at radius 1 is 0.946 bits per heavy atom. The number of methoxy groups -OCH3 is 2. The van der Waals surface area contributed by atoms with Gasteiger partial charge in [-0.2, -0.15) is 5.01 Å². The standard InChI is InChI=1S/C28H25N3O6/c1-4-37-27-24(28(32)30(29-27)22-12-14-23(15-13-22)31(33)34)16-21-18-26(36-3)25(35-2)17-20(21)11-10-19-8-6-5-7-9-19/h5-18H,4H2,1-3H3/b11-10+,24-16-. The smallest absolute Gasteiger partial charge is 0.284 e. The Morgan fingerprint density at radius 2 is 1.59 bits per heavy atom. The van der Waals surface area contributed by atoms with E-state index in [4.69, 9.17) is 14.2 Å². The Kier molecular flexibility index (Phi) is 7.63. The number of amides is 1. The molecule has 0 unspecified atom stereocenters. The minimum Gasteiger partial charge on any atom is -0.493 e. The molecule has 0 fully saturated rings. The molecule has 0 N–H and O–H groups in total. The van der Waals surface area contributed by atoms with Gasteiger partial charge in [0.2, 0.25) is 5.90 Å². The predicted molar refractivity (Wildman–Crippen MR) is 143 cm³/mol. The summed E-state index contributed by atoms with van der Waals surface area (Å²) < 4.78 is 16.7. The fourth-order valence-corrected chi connectivity index (χ4v) is 3.74. The topological polar surface area (TPSA) is 104 Å². The van der Waals surface area contributed by atoms with E-state index in [0.717, 1.165) is 11.1 Å². The zero-order valence-electron chi connectivity index (χ0n) is 20.6. The van der Waals surface area contributed by atoms with E-state index in [9.17, 15) is 14.9 Å². The monoisotopic (exact) mass is 499 g/mol. The van der Waals surface area contributed by atoms with Gasteiger partial charge in [-0.1, -0.05) is 42.5 Å². The normalized spacial score (nSPS) is 14.2. The van der Waals surface area contributed by atoms with Crippen molar-refractivity contribution in [3.63, 3.8) is 0 Å². The lowest BCUT2D eigenvalue weighted by atomic mass is 10.0. The van der Waals surface area contributed by atoms with Crippen LogP contribution in [0.2, 0.25) is 0 Å². The lowest BCUT2D eigenvalue weighted by Gasteiger charge is -2.13. The van der Waals surface area contributed by atoms with Crippen LogP contribution in [0.5, 0.6) is 11.5 Å². The number of anilines is 1. The molecule has 0 atom stereocenters. The summed E-state index contributed by atoms with van der Waals surface area (Å²) in [5.41, 5.74) is 3.01. The van der Waals surface area contributed by atoms with Crippen LogP contribution in [0.4, 0.5) is 11.4 Å². The van der Waals surface area contributed by atoms with Crippen LogP contribution in [0.15, 0.2) is 77.4 Å². The van der Waals surface area contributed by atoms with Crippen LogP contribution < -0.4 is 14.5 Å². The molecule has 1 aliphatic rings. The third-order valence-electron chi connectivity index (χ3n) is 5.57. The Balaban J connectivity index is 1.78. The van der Waals surface area contributed by atoms with Crippen molar-refractivity contribution < 1.29 is 23.9 Å². The van der Waals surface area contributed by atoms with Gasteiger partial charge in [0.15, 0.2) is 11.5 Å². The van der Waals surface area contributed by atoms with E-state index in [1.165, 1.54) is 29.3 Å². The maximum absolute atomic E-state index is 13.4. The lowest BCUT2D eigenvalue weighted by molar-refractivity contribution is -0.384. The molecule has 3 aromatic carbocycles. The zero-order chi connectivity index (χ0) is 26.4. The quantitative estimate of drug-likeness (QED) is 0.174. The molecule has 9 nitrogen and oxygen atoms in total. The summed E-state index contributed by atoms with van der Waals surface area (Å²) in [4.78, 5) is 23.9. The van der Waals surface area contributed by atoms with Gasteiger partial charge in [0.25, 0.3) is 11.6 Å². The van der Waals surface area contributed by atoms with Gasteiger partial charge in [-0.15, -0.1) is 5.10 Å². The third-order valence-corrected chi connectivity index (χ3v) is 5.57. The van der Waals surface area contributed by atoms with E-state index in [2.05, 4.69) is 5.10 Å². The number of non-ortho nitro benzene ring substituents is 1. The highest BCUT2D eigenvalue weighted by molar-refractivity contribution is 6.30. The lowest BCUT2D eigenvalue weighted by Crippen LogP contribution is -2.21. The van der Waals surface area contributed by atoms with E-state index < -0.39 is 10.8 Å². The molecule has 188 valence electrons. The molecule has 0 saturated heterocycles. The maximum Gasteiger partial charge on any atom is 0.284 e. The average Bonchev–Trinajstić information content (AvgIpc) is 3.23. The minimum atomic E-state index is -0.503. The van der Waals surface area contributed by atoms with Gasteiger partial charge in [0.05, 0.1) is 31.4 Å². The number of hydrogen-bond acceptors (Lipinski definition) is 7.